The predicted molar refractivity (Wildman–Crippen MR) is 103 cm³/mol. The van der Waals surface area contributed by atoms with Crippen LogP contribution in [0, 0.1) is 0 Å². The molecule has 0 spiro atoms. The lowest BCUT2D eigenvalue weighted by atomic mass is 10.1. The predicted octanol–water partition coefficient (Wildman–Crippen LogP) is 2.77. The maximum absolute atomic E-state index is 12.7. The van der Waals surface area contributed by atoms with E-state index in [0.29, 0.717) is 23.5 Å². The summed E-state index contributed by atoms with van der Waals surface area (Å²) in [5, 5.41) is 0. The monoisotopic (exact) mass is 349 g/mol. The second-order valence-electron chi connectivity index (χ2n) is 6.31. The molecule has 26 heavy (non-hydrogen) atoms. The number of pyridine rings is 1. The van der Waals surface area contributed by atoms with Crippen molar-refractivity contribution in [1.82, 2.24) is 19.4 Å². The minimum absolute atomic E-state index is 0.0128. The molecule has 0 unspecified atom stereocenters. The average Bonchev–Trinajstić information content (AvgIpc) is 3.06. The Bertz CT molecular complexity index is 902. The Morgan fingerprint density at radius 3 is 2.77 bits per heavy atom. The lowest BCUT2D eigenvalue weighted by Gasteiger charge is -2.17. The third-order valence-corrected chi connectivity index (χ3v) is 4.38. The Labute approximate surface area is 153 Å². The van der Waals surface area contributed by atoms with Crippen LogP contribution >= 0.6 is 0 Å². The lowest BCUT2D eigenvalue weighted by molar-refractivity contribution is 0.0793. The molecule has 2 heterocycles. The van der Waals surface area contributed by atoms with Gasteiger partial charge in [0.2, 0.25) is 0 Å². The van der Waals surface area contributed by atoms with Gasteiger partial charge in [-0.15, -0.1) is 0 Å². The van der Waals surface area contributed by atoms with Crippen LogP contribution in [0.15, 0.2) is 55.0 Å². The van der Waals surface area contributed by atoms with E-state index in [1.54, 1.807) is 29.4 Å². The van der Waals surface area contributed by atoms with Crippen molar-refractivity contribution in [3.05, 3.63) is 66.4 Å². The molecule has 0 aliphatic rings. The molecule has 1 amide bonds. The van der Waals surface area contributed by atoms with Gasteiger partial charge in [0, 0.05) is 56.8 Å². The molecule has 3 rings (SSSR count). The van der Waals surface area contributed by atoms with E-state index in [4.69, 9.17) is 5.73 Å². The molecule has 6 heteroatoms. The van der Waals surface area contributed by atoms with E-state index in [9.17, 15) is 4.79 Å². The van der Waals surface area contributed by atoms with Crippen molar-refractivity contribution in [3.63, 3.8) is 0 Å². The molecule has 0 aliphatic heterocycles. The highest BCUT2D eigenvalue weighted by Crippen LogP contribution is 2.24. The van der Waals surface area contributed by atoms with Gasteiger partial charge in [0.1, 0.15) is 5.82 Å². The first kappa shape index (κ1) is 17.7. The molecule has 0 radical (unpaired) electrons. The van der Waals surface area contributed by atoms with E-state index in [2.05, 4.69) is 9.97 Å². The molecule has 6 nitrogen and oxygen atoms in total. The maximum Gasteiger partial charge on any atom is 0.253 e. The Hall–Kier alpha value is -3.15. The van der Waals surface area contributed by atoms with E-state index in [0.717, 1.165) is 24.2 Å². The van der Waals surface area contributed by atoms with Gasteiger partial charge >= 0.3 is 0 Å². The summed E-state index contributed by atoms with van der Waals surface area (Å²) in [5.74, 6) is 1.01. The fraction of sp³-hybridized carbons (Fsp3) is 0.250. The zero-order valence-corrected chi connectivity index (χ0v) is 15.1. The normalized spacial score (nSPS) is 10.7. The number of hydrogen-bond acceptors (Lipinski definition) is 4. The van der Waals surface area contributed by atoms with Crippen LogP contribution in [-0.4, -0.2) is 38.9 Å². The van der Waals surface area contributed by atoms with Crippen molar-refractivity contribution in [2.24, 2.45) is 7.05 Å². The minimum Gasteiger partial charge on any atom is -0.397 e. The number of carbonyl (C=O) groups excluding carboxylic acids is 1. The highest BCUT2D eigenvalue weighted by Gasteiger charge is 2.13. The molecule has 1 aromatic carbocycles. The molecule has 0 atom stereocenters. The van der Waals surface area contributed by atoms with Crippen LogP contribution < -0.4 is 5.73 Å². The van der Waals surface area contributed by atoms with Crippen LogP contribution in [0.5, 0.6) is 0 Å². The first-order valence-electron chi connectivity index (χ1n) is 8.59. The van der Waals surface area contributed by atoms with Gasteiger partial charge in [-0.1, -0.05) is 12.1 Å². The molecule has 2 aromatic heterocycles. The first-order valence-corrected chi connectivity index (χ1v) is 8.59. The fourth-order valence-electron chi connectivity index (χ4n) is 2.89. The van der Waals surface area contributed by atoms with Crippen molar-refractivity contribution >= 4 is 11.6 Å². The number of anilines is 1. The van der Waals surface area contributed by atoms with Crippen LogP contribution in [0.1, 0.15) is 22.6 Å². The Kier molecular flexibility index (Phi) is 5.31. The summed E-state index contributed by atoms with van der Waals surface area (Å²) in [6.07, 6.45) is 7.12. The zero-order chi connectivity index (χ0) is 18.5. The topological polar surface area (TPSA) is 77.0 Å². The number of aryl methyl sites for hydroxylation is 2. The van der Waals surface area contributed by atoms with Gasteiger partial charge in [-0.2, -0.15) is 0 Å². The van der Waals surface area contributed by atoms with Gasteiger partial charge in [0.05, 0.1) is 11.4 Å². The number of amides is 1. The van der Waals surface area contributed by atoms with Gasteiger partial charge in [-0.3, -0.25) is 9.78 Å². The van der Waals surface area contributed by atoms with Gasteiger partial charge < -0.3 is 15.2 Å². The van der Waals surface area contributed by atoms with E-state index in [-0.39, 0.29) is 5.91 Å². The SMILES string of the molecule is CN(CCCc1nccn1C)C(=O)c1cccc(-c2ncccc2N)c1. The summed E-state index contributed by atoms with van der Waals surface area (Å²) in [6.45, 7) is 0.668. The van der Waals surface area contributed by atoms with Crippen LogP contribution in [0.3, 0.4) is 0 Å². The number of nitrogens with two attached hydrogens (primary N) is 1. The van der Waals surface area contributed by atoms with Gasteiger partial charge in [0.25, 0.3) is 5.91 Å². The summed E-state index contributed by atoms with van der Waals surface area (Å²) in [4.78, 5) is 23.1. The van der Waals surface area contributed by atoms with E-state index >= 15 is 0 Å². The third kappa shape index (κ3) is 3.91. The van der Waals surface area contributed by atoms with E-state index in [1.807, 2.05) is 49.1 Å². The molecule has 2 N–H and O–H groups in total. The maximum atomic E-state index is 12.7. The quantitative estimate of drug-likeness (QED) is 0.742. The highest BCUT2D eigenvalue weighted by atomic mass is 16.2. The van der Waals surface area contributed by atoms with Gasteiger partial charge in [-0.05, 0) is 30.7 Å². The molecule has 0 saturated heterocycles. The number of nitrogens with zero attached hydrogens (tertiary/aromatic N) is 4. The first-order chi connectivity index (χ1) is 12.6. The average molecular weight is 349 g/mol. The Morgan fingerprint density at radius 1 is 1.19 bits per heavy atom. The zero-order valence-electron chi connectivity index (χ0n) is 15.1. The highest BCUT2D eigenvalue weighted by molar-refractivity contribution is 5.95. The number of imidazole rings is 1. The third-order valence-electron chi connectivity index (χ3n) is 4.38. The number of aromatic nitrogens is 3. The van der Waals surface area contributed by atoms with Gasteiger partial charge in [-0.25, -0.2) is 4.98 Å². The second kappa shape index (κ2) is 7.82. The van der Waals surface area contributed by atoms with Crippen molar-refractivity contribution < 1.29 is 4.79 Å². The number of benzene rings is 1. The molecule has 0 fully saturated rings. The van der Waals surface area contributed by atoms with E-state index in [1.165, 1.54) is 0 Å². The van der Waals surface area contributed by atoms with Crippen molar-refractivity contribution in [2.75, 3.05) is 19.3 Å². The minimum atomic E-state index is -0.0128. The van der Waals surface area contributed by atoms with Crippen LogP contribution in [0.4, 0.5) is 5.69 Å². The van der Waals surface area contributed by atoms with Gasteiger partial charge in [0.15, 0.2) is 0 Å². The van der Waals surface area contributed by atoms with E-state index < -0.39 is 0 Å². The fourth-order valence-corrected chi connectivity index (χ4v) is 2.89. The van der Waals surface area contributed by atoms with Crippen molar-refractivity contribution in [2.45, 2.75) is 12.8 Å². The summed E-state index contributed by atoms with van der Waals surface area (Å²) in [5.41, 5.74) is 8.76. The molecule has 0 bridgehead atoms. The van der Waals surface area contributed by atoms with Crippen molar-refractivity contribution in [1.29, 1.82) is 0 Å². The number of nitrogen functional groups attached to an aromatic ring is 1. The summed E-state index contributed by atoms with van der Waals surface area (Å²) in [6, 6.07) is 11.0. The Balaban J connectivity index is 1.66. The molecule has 134 valence electrons. The van der Waals surface area contributed by atoms with Crippen LogP contribution in [-0.2, 0) is 13.5 Å². The molecule has 3 aromatic rings. The molecular weight excluding hydrogens is 326 g/mol. The standard InChI is InChI=1S/C20H23N5O/c1-24-13-11-22-18(24)9-5-12-25(2)20(26)16-7-3-6-15(14-16)19-17(21)8-4-10-23-19/h3-4,6-8,10-11,13-14H,5,9,12,21H2,1-2H3. The lowest BCUT2D eigenvalue weighted by Crippen LogP contribution is -2.28. The molecule has 0 aliphatic carbocycles. The molecular formula is C20H23N5O. The van der Waals surface area contributed by atoms with Crippen LogP contribution in [0.25, 0.3) is 11.3 Å². The number of rotatable bonds is 6. The summed E-state index contributed by atoms with van der Waals surface area (Å²) < 4.78 is 2.00. The summed E-state index contributed by atoms with van der Waals surface area (Å²) >= 11 is 0. The smallest absolute Gasteiger partial charge is 0.253 e. The second-order valence-corrected chi connectivity index (χ2v) is 6.31. The largest absolute Gasteiger partial charge is 0.397 e. The van der Waals surface area contributed by atoms with Crippen molar-refractivity contribution in [3.8, 4) is 11.3 Å². The number of carbonyl (C=O) groups is 1. The Morgan fingerprint density at radius 2 is 2.04 bits per heavy atom. The summed E-state index contributed by atoms with van der Waals surface area (Å²) in [7, 11) is 3.80. The molecule has 0 saturated carbocycles. The number of hydrogen-bond donors (Lipinski definition) is 1. The van der Waals surface area contributed by atoms with Crippen LogP contribution in [0.2, 0.25) is 0 Å².